The van der Waals surface area contributed by atoms with Gasteiger partial charge in [0, 0.05) is 23.6 Å². The third kappa shape index (κ3) is 4.56. The highest BCUT2D eigenvalue weighted by Crippen LogP contribution is 2.21. The Hall–Kier alpha value is -1.36. The summed E-state index contributed by atoms with van der Waals surface area (Å²) in [7, 11) is 0. The van der Waals surface area contributed by atoms with E-state index in [1.54, 1.807) is 0 Å². The smallest absolute Gasteiger partial charge is 0.274 e. The Morgan fingerprint density at radius 2 is 1.83 bits per heavy atom. The van der Waals surface area contributed by atoms with E-state index in [1.165, 1.54) is 0 Å². The first kappa shape index (κ1) is 19.7. The molecule has 0 fully saturated rings. The summed E-state index contributed by atoms with van der Waals surface area (Å²) >= 11 is 0. The predicted molar refractivity (Wildman–Crippen MR) is 93.8 cm³/mol. The quantitative estimate of drug-likeness (QED) is 0.755. The fraction of sp³-hybridized carbons (Fsp3) is 0.778. The van der Waals surface area contributed by atoms with E-state index in [0.29, 0.717) is 5.69 Å². The molecule has 0 aliphatic rings. The zero-order valence-electron chi connectivity index (χ0n) is 15.8. The average molecular weight is 323 g/mol. The van der Waals surface area contributed by atoms with Crippen LogP contribution in [0.5, 0.6) is 0 Å². The van der Waals surface area contributed by atoms with Gasteiger partial charge in [0.1, 0.15) is 5.76 Å². The van der Waals surface area contributed by atoms with Crippen LogP contribution in [0.15, 0.2) is 4.52 Å². The molecule has 0 saturated carbocycles. The van der Waals surface area contributed by atoms with Crippen LogP contribution in [0.25, 0.3) is 0 Å². The molecule has 1 aromatic heterocycles. The highest BCUT2D eigenvalue weighted by molar-refractivity contribution is 5.93. The summed E-state index contributed by atoms with van der Waals surface area (Å²) in [4.78, 5) is 15.0. The van der Waals surface area contributed by atoms with Crippen molar-refractivity contribution < 1.29 is 9.32 Å². The maximum absolute atomic E-state index is 12.5. The summed E-state index contributed by atoms with van der Waals surface area (Å²) in [6.45, 7) is 16.8. The van der Waals surface area contributed by atoms with E-state index in [9.17, 15) is 4.79 Å². The number of carbonyl (C=O) groups excluding carboxylic acids is 1. The lowest BCUT2D eigenvalue weighted by Gasteiger charge is -2.43. The van der Waals surface area contributed by atoms with Gasteiger partial charge in [0.25, 0.3) is 5.91 Å². The van der Waals surface area contributed by atoms with Crippen molar-refractivity contribution in [1.29, 1.82) is 0 Å². The highest BCUT2D eigenvalue weighted by atomic mass is 16.5. The van der Waals surface area contributed by atoms with E-state index >= 15 is 0 Å². The van der Waals surface area contributed by atoms with Crippen LogP contribution in [0.4, 0.5) is 0 Å². The van der Waals surface area contributed by atoms with Crippen molar-refractivity contribution in [2.24, 2.45) is 0 Å². The van der Waals surface area contributed by atoms with Gasteiger partial charge in [0.15, 0.2) is 5.69 Å². The maximum Gasteiger partial charge on any atom is 0.274 e. The summed E-state index contributed by atoms with van der Waals surface area (Å²) in [5.74, 6) is 0.625. The van der Waals surface area contributed by atoms with Crippen molar-refractivity contribution in [1.82, 2.24) is 15.4 Å². The van der Waals surface area contributed by atoms with Crippen molar-refractivity contribution in [3.05, 3.63) is 17.0 Å². The third-order valence-corrected chi connectivity index (χ3v) is 4.77. The highest BCUT2D eigenvalue weighted by Gasteiger charge is 2.33. The minimum Gasteiger partial charge on any atom is -0.360 e. The molecule has 1 heterocycles. The number of rotatable bonds is 9. The molecule has 1 rings (SSSR count). The Balaban J connectivity index is 2.84. The first-order valence-electron chi connectivity index (χ1n) is 8.80. The Kier molecular flexibility index (Phi) is 7.26. The van der Waals surface area contributed by atoms with Gasteiger partial charge < -0.3 is 9.84 Å². The second-order valence-corrected chi connectivity index (χ2v) is 6.77. The fourth-order valence-corrected chi connectivity index (χ4v) is 2.85. The van der Waals surface area contributed by atoms with Crippen LogP contribution in [0.2, 0.25) is 0 Å². The number of nitrogens with zero attached hydrogens (tertiary/aromatic N) is 2. The van der Waals surface area contributed by atoms with Crippen LogP contribution in [0.1, 0.15) is 76.2 Å². The number of hydrogen-bond donors (Lipinski definition) is 1. The zero-order chi connectivity index (χ0) is 17.6. The molecule has 0 aromatic carbocycles. The molecule has 1 atom stereocenters. The number of nitrogens with one attached hydrogen (secondary N) is 1. The zero-order valence-corrected chi connectivity index (χ0v) is 15.8. The van der Waals surface area contributed by atoms with Gasteiger partial charge in [-0.15, -0.1) is 0 Å². The van der Waals surface area contributed by atoms with Gasteiger partial charge in [-0.2, -0.15) is 0 Å². The molecule has 0 spiro atoms. The van der Waals surface area contributed by atoms with E-state index in [-0.39, 0.29) is 17.5 Å². The van der Waals surface area contributed by atoms with Gasteiger partial charge in [-0.25, -0.2) is 0 Å². The molecule has 1 N–H and O–H groups in total. The van der Waals surface area contributed by atoms with E-state index in [1.807, 2.05) is 13.8 Å². The minimum absolute atomic E-state index is 0.00859. The van der Waals surface area contributed by atoms with Gasteiger partial charge in [-0.3, -0.25) is 9.69 Å². The topological polar surface area (TPSA) is 58.4 Å². The van der Waals surface area contributed by atoms with Crippen molar-refractivity contribution in [2.75, 3.05) is 13.1 Å². The Morgan fingerprint density at radius 1 is 1.26 bits per heavy atom. The van der Waals surface area contributed by atoms with E-state index in [0.717, 1.165) is 43.7 Å². The standard InChI is InChI=1S/C18H33N3O2/c1-8-11-21(12-9-2)18(6,7)14(5)19-17(22)16-13(4)15(10-3)23-20-16/h14H,8-12H2,1-7H3,(H,19,22). The lowest BCUT2D eigenvalue weighted by Crippen LogP contribution is -2.58. The molecular formula is C18H33N3O2. The first-order chi connectivity index (χ1) is 10.8. The Bertz CT molecular complexity index is 502. The van der Waals surface area contributed by atoms with Crippen LogP contribution in [0.3, 0.4) is 0 Å². The maximum atomic E-state index is 12.5. The van der Waals surface area contributed by atoms with Gasteiger partial charge in [0.2, 0.25) is 0 Å². The molecule has 0 aliphatic carbocycles. The normalized spacial score (nSPS) is 13.4. The van der Waals surface area contributed by atoms with Crippen LogP contribution in [0, 0.1) is 6.92 Å². The monoisotopic (exact) mass is 323 g/mol. The van der Waals surface area contributed by atoms with Gasteiger partial charge in [-0.1, -0.05) is 25.9 Å². The van der Waals surface area contributed by atoms with E-state index in [2.05, 4.69) is 50.0 Å². The molecule has 0 bridgehead atoms. The summed E-state index contributed by atoms with van der Waals surface area (Å²) in [5.41, 5.74) is 1.13. The number of carbonyl (C=O) groups is 1. The number of hydrogen-bond acceptors (Lipinski definition) is 4. The molecular weight excluding hydrogens is 290 g/mol. The largest absolute Gasteiger partial charge is 0.360 e. The van der Waals surface area contributed by atoms with Crippen LogP contribution < -0.4 is 5.32 Å². The van der Waals surface area contributed by atoms with Crippen molar-refractivity contribution in [3.63, 3.8) is 0 Å². The van der Waals surface area contributed by atoms with Crippen molar-refractivity contribution in [3.8, 4) is 0 Å². The SMILES string of the molecule is CCCN(CCC)C(C)(C)C(C)NC(=O)c1noc(CC)c1C. The number of amides is 1. The summed E-state index contributed by atoms with van der Waals surface area (Å²) in [5, 5.41) is 7.05. The molecule has 0 saturated heterocycles. The minimum atomic E-state index is -0.153. The number of aromatic nitrogens is 1. The second kappa shape index (κ2) is 8.48. The number of aryl methyl sites for hydroxylation is 1. The molecule has 0 aliphatic heterocycles. The second-order valence-electron chi connectivity index (χ2n) is 6.77. The van der Waals surface area contributed by atoms with Crippen LogP contribution >= 0.6 is 0 Å². The summed E-state index contributed by atoms with van der Waals surface area (Å²) in [6, 6.07) is 0.00859. The first-order valence-corrected chi connectivity index (χ1v) is 8.80. The van der Waals surface area contributed by atoms with Gasteiger partial charge >= 0.3 is 0 Å². The van der Waals surface area contributed by atoms with Crippen LogP contribution in [-0.4, -0.2) is 40.6 Å². The summed E-state index contributed by atoms with van der Waals surface area (Å²) < 4.78 is 5.24. The predicted octanol–water partition coefficient (Wildman–Crippen LogP) is 3.56. The molecule has 0 radical (unpaired) electrons. The van der Waals surface area contributed by atoms with E-state index in [4.69, 9.17) is 4.52 Å². The van der Waals surface area contributed by atoms with Crippen molar-refractivity contribution >= 4 is 5.91 Å². The molecule has 132 valence electrons. The molecule has 1 unspecified atom stereocenters. The fourth-order valence-electron chi connectivity index (χ4n) is 2.85. The summed E-state index contributed by atoms with van der Waals surface area (Å²) in [6.07, 6.45) is 2.95. The lowest BCUT2D eigenvalue weighted by molar-refractivity contribution is 0.0706. The van der Waals surface area contributed by atoms with Crippen LogP contribution in [-0.2, 0) is 6.42 Å². The third-order valence-electron chi connectivity index (χ3n) is 4.77. The Labute approximate surface area is 140 Å². The molecule has 5 nitrogen and oxygen atoms in total. The lowest BCUT2D eigenvalue weighted by atomic mass is 9.92. The molecule has 23 heavy (non-hydrogen) atoms. The molecule has 1 aromatic rings. The Morgan fingerprint density at radius 3 is 2.26 bits per heavy atom. The van der Waals surface area contributed by atoms with E-state index < -0.39 is 0 Å². The van der Waals surface area contributed by atoms with Gasteiger partial charge in [-0.05, 0) is 53.6 Å². The van der Waals surface area contributed by atoms with Crippen molar-refractivity contribution in [2.45, 2.75) is 79.3 Å². The van der Waals surface area contributed by atoms with Gasteiger partial charge in [0.05, 0.1) is 0 Å². The average Bonchev–Trinajstić information content (AvgIpc) is 2.87. The molecule has 1 amide bonds. The molecule has 5 heteroatoms.